The van der Waals surface area contributed by atoms with Gasteiger partial charge in [0.1, 0.15) is 0 Å². The minimum atomic E-state index is -0.327. The van der Waals surface area contributed by atoms with Gasteiger partial charge in [-0.05, 0) is 12.5 Å². The fourth-order valence-electron chi connectivity index (χ4n) is 3.04. The van der Waals surface area contributed by atoms with Gasteiger partial charge in [0.15, 0.2) is 6.17 Å². The second-order valence-electron chi connectivity index (χ2n) is 6.23. The molecule has 3 N–H and O–H groups in total. The van der Waals surface area contributed by atoms with Gasteiger partial charge >= 0.3 is 5.96 Å². The van der Waals surface area contributed by atoms with Crippen LogP contribution in [0.2, 0.25) is 0 Å². The number of hydrogen-bond donors (Lipinski definition) is 3. The van der Waals surface area contributed by atoms with E-state index in [0.29, 0.717) is 18.2 Å². The third-order valence-corrected chi connectivity index (χ3v) is 4.28. The molecular formula is C20H20N5O+. The predicted molar refractivity (Wildman–Crippen MR) is 101 cm³/mol. The highest BCUT2D eigenvalue weighted by Gasteiger charge is 2.31. The predicted octanol–water partition coefficient (Wildman–Crippen LogP) is 0.751. The largest absolute Gasteiger partial charge is 0.353 e. The molecule has 1 aliphatic rings. The van der Waals surface area contributed by atoms with Crippen LogP contribution >= 0.6 is 0 Å². The molecule has 0 unspecified atom stereocenters. The molecule has 0 fully saturated rings. The summed E-state index contributed by atoms with van der Waals surface area (Å²) in [6.07, 6.45) is -0.327. The first-order chi connectivity index (χ1) is 12.7. The highest BCUT2D eigenvalue weighted by molar-refractivity contribution is 5.89. The van der Waals surface area contributed by atoms with E-state index in [1.165, 1.54) is 5.56 Å². The first-order valence-electron chi connectivity index (χ1n) is 8.54. The van der Waals surface area contributed by atoms with Crippen molar-refractivity contribution >= 4 is 11.9 Å². The Kier molecular flexibility index (Phi) is 4.23. The number of anilines is 1. The lowest BCUT2D eigenvalue weighted by atomic mass is 10.1. The summed E-state index contributed by atoms with van der Waals surface area (Å²) in [6.45, 7) is 2.48. The minimum absolute atomic E-state index is 0.0940. The third-order valence-electron chi connectivity index (χ3n) is 4.28. The molecule has 0 saturated carbocycles. The number of benzene rings is 2. The molecule has 0 spiro atoms. The molecule has 26 heavy (non-hydrogen) atoms. The van der Waals surface area contributed by atoms with E-state index in [0.717, 1.165) is 11.5 Å². The van der Waals surface area contributed by atoms with Gasteiger partial charge in [-0.25, -0.2) is 14.9 Å². The highest BCUT2D eigenvalue weighted by atomic mass is 16.1. The summed E-state index contributed by atoms with van der Waals surface area (Å²) in [6, 6.07) is 21.6. The third kappa shape index (κ3) is 3.21. The van der Waals surface area contributed by atoms with Crippen molar-refractivity contribution in [3.05, 3.63) is 93.9 Å². The number of fused-ring (bicyclic) bond motifs is 1. The second-order valence-corrected chi connectivity index (χ2v) is 6.23. The summed E-state index contributed by atoms with van der Waals surface area (Å²) in [4.78, 5) is 20.4. The first kappa shape index (κ1) is 16.1. The first-order valence-corrected chi connectivity index (χ1v) is 8.54. The smallest absolute Gasteiger partial charge is 0.273 e. The maximum absolute atomic E-state index is 12.6. The van der Waals surface area contributed by atoms with E-state index in [-0.39, 0.29) is 11.7 Å². The van der Waals surface area contributed by atoms with E-state index in [4.69, 9.17) is 0 Å². The van der Waals surface area contributed by atoms with Crippen LogP contribution in [0.25, 0.3) is 0 Å². The van der Waals surface area contributed by atoms with Crippen molar-refractivity contribution in [2.75, 3.05) is 5.32 Å². The van der Waals surface area contributed by atoms with Crippen molar-refractivity contribution in [3.63, 3.8) is 0 Å². The van der Waals surface area contributed by atoms with E-state index in [9.17, 15) is 4.79 Å². The zero-order chi connectivity index (χ0) is 17.9. The van der Waals surface area contributed by atoms with Crippen molar-refractivity contribution < 1.29 is 4.99 Å². The Morgan fingerprint density at radius 1 is 1.08 bits per heavy atom. The van der Waals surface area contributed by atoms with E-state index in [2.05, 4.69) is 32.7 Å². The molecule has 2 aromatic carbocycles. The van der Waals surface area contributed by atoms with Crippen LogP contribution in [0.15, 0.2) is 71.5 Å². The van der Waals surface area contributed by atoms with Gasteiger partial charge < -0.3 is 0 Å². The Morgan fingerprint density at radius 2 is 1.77 bits per heavy atom. The molecule has 0 amide bonds. The minimum Gasteiger partial charge on any atom is -0.273 e. The van der Waals surface area contributed by atoms with Crippen molar-refractivity contribution in [3.8, 4) is 0 Å². The SMILES string of the molecule is Cc1cc(=O)n2c(n1)NC(=[NH+]Cc1ccccc1)N[C@@H]2c1ccccc1. The van der Waals surface area contributed by atoms with Gasteiger partial charge in [0.2, 0.25) is 0 Å². The van der Waals surface area contributed by atoms with Crippen LogP contribution in [0, 0.1) is 6.92 Å². The van der Waals surface area contributed by atoms with Crippen LogP contribution in [0.4, 0.5) is 5.95 Å². The molecule has 0 saturated heterocycles. The summed E-state index contributed by atoms with van der Waals surface area (Å²) in [5, 5.41) is 6.57. The van der Waals surface area contributed by atoms with Crippen molar-refractivity contribution in [2.24, 2.45) is 0 Å². The Bertz CT molecular complexity index is 996. The van der Waals surface area contributed by atoms with Crippen LogP contribution in [0.3, 0.4) is 0 Å². The molecule has 1 atom stereocenters. The second kappa shape index (κ2) is 6.84. The van der Waals surface area contributed by atoms with Gasteiger partial charge in [-0.2, -0.15) is 0 Å². The van der Waals surface area contributed by atoms with Crippen molar-refractivity contribution in [2.45, 2.75) is 19.6 Å². The fourth-order valence-corrected chi connectivity index (χ4v) is 3.04. The molecule has 0 aliphatic carbocycles. The van der Waals surface area contributed by atoms with Gasteiger partial charge in [-0.1, -0.05) is 60.7 Å². The molecule has 0 radical (unpaired) electrons. The van der Waals surface area contributed by atoms with Gasteiger partial charge in [-0.15, -0.1) is 0 Å². The Labute approximate surface area is 151 Å². The monoisotopic (exact) mass is 346 g/mol. The number of aromatic nitrogens is 2. The molecule has 4 rings (SSSR count). The molecule has 1 aromatic heterocycles. The Balaban J connectivity index is 1.73. The lowest BCUT2D eigenvalue weighted by Gasteiger charge is -2.25. The summed E-state index contributed by atoms with van der Waals surface area (Å²) < 4.78 is 1.63. The van der Waals surface area contributed by atoms with Crippen LogP contribution in [0.5, 0.6) is 0 Å². The molecule has 1 aliphatic heterocycles. The normalized spacial score (nSPS) is 17.3. The van der Waals surface area contributed by atoms with Crippen molar-refractivity contribution in [1.82, 2.24) is 14.9 Å². The number of guanidine groups is 1. The van der Waals surface area contributed by atoms with Crippen LogP contribution in [-0.4, -0.2) is 15.5 Å². The zero-order valence-corrected chi connectivity index (χ0v) is 14.4. The number of hydrogen-bond acceptors (Lipinski definition) is 2. The molecule has 6 nitrogen and oxygen atoms in total. The standard InChI is InChI=1S/C20H19N5O/c1-14-12-17(26)25-18(16-10-6-3-7-11-16)23-19(24-20(25)22-14)21-13-15-8-4-2-5-9-15/h2-12,18H,13H2,1H3,(H2,21,22,23,24)/p+1/t18-/m0/s1. The lowest BCUT2D eigenvalue weighted by Crippen LogP contribution is -2.78. The maximum atomic E-state index is 12.6. The van der Waals surface area contributed by atoms with Gasteiger partial charge in [0, 0.05) is 17.3 Å². The van der Waals surface area contributed by atoms with E-state index < -0.39 is 0 Å². The average Bonchev–Trinajstić information content (AvgIpc) is 2.67. The summed E-state index contributed by atoms with van der Waals surface area (Å²) in [7, 11) is 0. The highest BCUT2D eigenvalue weighted by Crippen LogP contribution is 2.20. The summed E-state index contributed by atoms with van der Waals surface area (Å²) in [5.74, 6) is 1.25. The molecule has 3 aromatic rings. The molecule has 130 valence electrons. The maximum Gasteiger partial charge on any atom is 0.353 e. The quantitative estimate of drug-likeness (QED) is 0.654. The van der Waals surface area contributed by atoms with E-state index in [1.807, 2.05) is 55.5 Å². The number of nitrogens with one attached hydrogen (secondary N) is 3. The number of nitrogens with zero attached hydrogens (tertiary/aromatic N) is 2. The Morgan fingerprint density at radius 3 is 2.50 bits per heavy atom. The topological polar surface area (TPSA) is 72.9 Å². The molecule has 0 bridgehead atoms. The number of aryl methyl sites for hydroxylation is 1. The van der Waals surface area contributed by atoms with E-state index >= 15 is 0 Å². The van der Waals surface area contributed by atoms with Crippen LogP contribution < -0.4 is 21.2 Å². The zero-order valence-electron chi connectivity index (χ0n) is 14.4. The average molecular weight is 346 g/mol. The molecule has 6 heteroatoms. The van der Waals surface area contributed by atoms with E-state index in [1.54, 1.807) is 10.6 Å². The lowest BCUT2D eigenvalue weighted by molar-refractivity contribution is -0.477. The van der Waals surface area contributed by atoms with Crippen LogP contribution in [0.1, 0.15) is 23.0 Å². The van der Waals surface area contributed by atoms with Crippen LogP contribution in [-0.2, 0) is 6.54 Å². The Hall–Kier alpha value is -3.41. The van der Waals surface area contributed by atoms with Gasteiger partial charge in [0.25, 0.3) is 11.5 Å². The molecular weight excluding hydrogens is 326 g/mol. The van der Waals surface area contributed by atoms with Gasteiger partial charge in [-0.3, -0.25) is 15.1 Å². The number of rotatable bonds is 3. The molecule has 2 heterocycles. The fraction of sp³-hybridized carbons (Fsp3) is 0.150. The van der Waals surface area contributed by atoms with Gasteiger partial charge in [0.05, 0.1) is 6.54 Å². The summed E-state index contributed by atoms with van der Waals surface area (Å²) >= 11 is 0. The summed E-state index contributed by atoms with van der Waals surface area (Å²) in [5.41, 5.74) is 2.75. The van der Waals surface area contributed by atoms with Crippen molar-refractivity contribution in [1.29, 1.82) is 0 Å².